The van der Waals surface area contributed by atoms with Crippen LogP contribution in [0.25, 0.3) is 0 Å². The topological polar surface area (TPSA) is 126 Å². The summed E-state index contributed by atoms with van der Waals surface area (Å²) in [7, 11) is 1.41. The Morgan fingerprint density at radius 2 is 2.05 bits per heavy atom. The molecular formula is C12H11N5O4. The first-order valence-electron chi connectivity index (χ1n) is 5.73. The molecule has 0 saturated heterocycles. The molecule has 0 aliphatic carbocycles. The largest absolute Gasteiger partial charge is 0.495 e. The third-order valence-electron chi connectivity index (χ3n) is 2.40. The molecule has 9 heteroatoms. The summed E-state index contributed by atoms with van der Waals surface area (Å²) in [5, 5.41) is 20.9. The number of anilines is 2. The molecular weight excluding hydrogens is 278 g/mol. The molecule has 2 rings (SSSR count). The van der Waals surface area contributed by atoms with Crippen molar-refractivity contribution in [1.29, 1.82) is 0 Å². The summed E-state index contributed by atoms with van der Waals surface area (Å²) >= 11 is 0. The van der Waals surface area contributed by atoms with Crippen molar-refractivity contribution in [2.75, 3.05) is 17.7 Å². The molecule has 0 saturated carbocycles. The third-order valence-corrected chi connectivity index (χ3v) is 2.40. The number of nitrogens with zero attached hydrogens (tertiary/aromatic N) is 3. The summed E-state index contributed by atoms with van der Waals surface area (Å²) in [6.45, 7) is 0. The van der Waals surface area contributed by atoms with Crippen molar-refractivity contribution in [3.8, 4) is 5.75 Å². The van der Waals surface area contributed by atoms with Crippen LogP contribution in [-0.4, -0.2) is 39.4 Å². The second kappa shape index (κ2) is 6.28. The van der Waals surface area contributed by atoms with Gasteiger partial charge in [0.1, 0.15) is 5.75 Å². The molecule has 0 spiro atoms. The molecule has 0 aliphatic rings. The standard InChI is InChI=1S/C12H11N5O4/c1-21-9-3-2-7(10(18)19)6-8(9)15-12(20)16-11-13-4-5-14-17-11/h2-6H,1H3,(H,18,19)(H2,13,15,16,17,20). The van der Waals surface area contributed by atoms with Gasteiger partial charge >= 0.3 is 12.0 Å². The van der Waals surface area contributed by atoms with E-state index in [1.807, 2.05) is 0 Å². The van der Waals surface area contributed by atoms with Crippen LogP contribution in [0.5, 0.6) is 5.75 Å². The Morgan fingerprint density at radius 3 is 2.67 bits per heavy atom. The average Bonchev–Trinajstić information content (AvgIpc) is 2.48. The van der Waals surface area contributed by atoms with E-state index in [1.165, 1.54) is 37.7 Å². The summed E-state index contributed by atoms with van der Waals surface area (Å²) in [6.07, 6.45) is 2.73. The minimum atomic E-state index is -1.11. The smallest absolute Gasteiger partial charge is 0.335 e. The van der Waals surface area contributed by atoms with Gasteiger partial charge in [-0.1, -0.05) is 0 Å². The molecule has 0 atom stereocenters. The number of aromatic carboxylic acids is 1. The lowest BCUT2D eigenvalue weighted by molar-refractivity contribution is 0.0697. The molecule has 0 fully saturated rings. The molecule has 2 amide bonds. The van der Waals surface area contributed by atoms with Crippen molar-refractivity contribution in [2.45, 2.75) is 0 Å². The van der Waals surface area contributed by atoms with Crippen LogP contribution in [0.4, 0.5) is 16.4 Å². The van der Waals surface area contributed by atoms with Crippen LogP contribution in [0, 0.1) is 0 Å². The molecule has 0 aliphatic heterocycles. The number of hydrogen-bond acceptors (Lipinski definition) is 6. The maximum Gasteiger partial charge on any atom is 0.335 e. The number of carboxylic acid groups (broad SMARTS) is 1. The van der Waals surface area contributed by atoms with Crippen molar-refractivity contribution >= 4 is 23.6 Å². The monoisotopic (exact) mass is 289 g/mol. The maximum absolute atomic E-state index is 11.8. The SMILES string of the molecule is COc1ccc(C(=O)O)cc1NC(=O)Nc1nccnn1. The number of amides is 2. The van der Waals surface area contributed by atoms with E-state index in [4.69, 9.17) is 9.84 Å². The lowest BCUT2D eigenvalue weighted by atomic mass is 10.2. The van der Waals surface area contributed by atoms with Gasteiger partial charge in [-0.05, 0) is 18.2 Å². The maximum atomic E-state index is 11.8. The van der Waals surface area contributed by atoms with E-state index >= 15 is 0 Å². The Morgan fingerprint density at radius 1 is 1.24 bits per heavy atom. The number of carbonyl (C=O) groups excluding carboxylic acids is 1. The zero-order chi connectivity index (χ0) is 15.2. The van der Waals surface area contributed by atoms with Crippen LogP contribution >= 0.6 is 0 Å². The number of rotatable bonds is 4. The first-order valence-corrected chi connectivity index (χ1v) is 5.73. The van der Waals surface area contributed by atoms with Crippen LogP contribution in [0.1, 0.15) is 10.4 Å². The molecule has 1 aromatic carbocycles. The van der Waals surface area contributed by atoms with Gasteiger partial charge in [-0.3, -0.25) is 5.32 Å². The highest BCUT2D eigenvalue weighted by Crippen LogP contribution is 2.25. The first-order chi connectivity index (χ1) is 10.1. The molecule has 2 aromatic rings. The van der Waals surface area contributed by atoms with Crippen molar-refractivity contribution in [3.63, 3.8) is 0 Å². The molecule has 1 aromatic heterocycles. The van der Waals surface area contributed by atoms with Gasteiger partial charge in [0.25, 0.3) is 5.95 Å². The van der Waals surface area contributed by atoms with Crippen molar-refractivity contribution in [2.24, 2.45) is 0 Å². The molecule has 21 heavy (non-hydrogen) atoms. The summed E-state index contributed by atoms with van der Waals surface area (Å²) in [4.78, 5) is 26.5. The van der Waals surface area contributed by atoms with Gasteiger partial charge in [-0.15, -0.1) is 5.10 Å². The van der Waals surface area contributed by atoms with Crippen molar-refractivity contribution in [1.82, 2.24) is 15.2 Å². The van der Waals surface area contributed by atoms with Gasteiger partial charge in [0.05, 0.1) is 30.8 Å². The Bertz CT molecular complexity index is 662. The molecule has 0 radical (unpaired) electrons. The third kappa shape index (κ3) is 3.62. The Hall–Kier alpha value is -3.23. The number of methoxy groups -OCH3 is 1. The van der Waals surface area contributed by atoms with Gasteiger partial charge in [0, 0.05) is 0 Å². The molecule has 9 nitrogen and oxygen atoms in total. The Balaban J connectivity index is 2.16. The number of nitrogens with one attached hydrogen (secondary N) is 2. The normalized spacial score (nSPS) is 9.76. The molecule has 108 valence electrons. The molecule has 0 bridgehead atoms. The fourth-order valence-corrected chi connectivity index (χ4v) is 1.50. The van der Waals surface area contributed by atoms with E-state index in [9.17, 15) is 9.59 Å². The predicted octanol–water partition coefficient (Wildman–Crippen LogP) is 1.22. The summed E-state index contributed by atoms with van der Waals surface area (Å²) in [5.74, 6) is -0.776. The van der Waals surface area contributed by atoms with Crippen LogP contribution in [0.15, 0.2) is 30.6 Å². The second-order valence-electron chi connectivity index (χ2n) is 3.77. The van der Waals surface area contributed by atoms with Crippen LogP contribution in [0.2, 0.25) is 0 Å². The fraction of sp³-hybridized carbons (Fsp3) is 0.0833. The molecule has 1 heterocycles. The van der Waals surface area contributed by atoms with Gasteiger partial charge in [0.2, 0.25) is 0 Å². The Labute approximate surface area is 119 Å². The fourth-order valence-electron chi connectivity index (χ4n) is 1.50. The lowest BCUT2D eigenvalue weighted by Gasteiger charge is -2.11. The van der Waals surface area contributed by atoms with Crippen molar-refractivity contribution < 1.29 is 19.4 Å². The van der Waals surface area contributed by atoms with Gasteiger partial charge in [0.15, 0.2) is 0 Å². The van der Waals surface area contributed by atoms with Gasteiger partial charge in [-0.25, -0.2) is 14.6 Å². The number of ether oxygens (including phenoxy) is 1. The number of benzene rings is 1. The minimum Gasteiger partial charge on any atom is -0.495 e. The van der Waals surface area contributed by atoms with Crippen LogP contribution in [0.3, 0.4) is 0 Å². The number of hydrogen-bond donors (Lipinski definition) is 3. The van der Waals surface area contributed by atoms with Crippen molar-refractivity contribution in [3.05, 3.63) is 36.2 Å². The Kier molecular flexibility index (Phi) is 4.24. The quantitative estimate of drug-likeness (QED) is 0.772. The average molecular weight is 289 g/mol. The highest BCUT2D eigenvalue weighted by molar-refractivity contribution is 6.00. The first kappa shape index (κ1) is 14.2. The lowest BCUT2D eigenvalue weighted by Crippen LogP contribution is -2.21. The zero-order valence-electron chi connectivity index (χ0n) is 10.9. The van der Waals surface area contributed by atoms with Gasteiger partial charge in [-0.2, -0.15) is 5.10 Å². The summed E-state index contributed by atoms with van der Waals surface area (Å²) in [5.41, 5.74) is 0.225. The predicted molar refractivity (Wildman–Crippen MR) is 72.4 cm³/mol. The van der Waals surface area contributed by atoms with Gasteiger partial charge < -0.3 is 15.2 Å². The summed E-state index contributed by atoms with van der Waals surface area (Å²) in [6, 6.07) is 3.45. The van der Waals surface area contributed by atoms with E-state index in [0.717, 1.165) is 0 Å². The minimum absolute atomic E-state index is 0.0170. The summed E-state index contributed by atoms with van der Waals surface area (Å²) < 4.78 is 5.05. The van der Waals surface area contributed by atoms with Crippen LogP contribution < -0.4 is 15.4 Å². The van der Waals surface area contributed by atoms with E-state index < -0.39 is 12.0 Å². The number of carboxylic acids is 1. The van der Waals surface area contributed by atoms with Crippen LogP contribution in [-0.2, 0) is 0 Å². The number of urea groups is 1. The van der Waals surface area contributed by atoms with E-state index in [0.29, 0.717) is 5.75 Å². The zero-order valence-corrected chi connectivity index (χ0v) is 10.9. The van der Waals surface area contributed by atoms with E-state index in [-0.39, 0.29) is 17.2 Å². The second-order valence-corrected chi connectivity index (χ2v) is 3.77. The van der Waals surface area contributed by atoms with E-state index in [1.54, 1.807) is 0 Å². The van der Waals surface area contributed by atoms with E-state index in [2.05, 4.69) is 25.8 Å². The number of aromatic nitrogens is 3. The highest BCUT2D eigenvalue weighted by Gasteiger charge is 2.12. The number of carbonyl (C=O) groups is 2. The highest BCUT2D eigenvalue weighted by atomic mass is 16.5. The molecule has 0 unspecified atom stereocenters. The molecule has 3 N–H and O–H groups in total.